The van der Waals surface area contributed by atoms with Gasteiger partial charge < -0.3 is 15.7 Å². The predicted octanol–water partition coefficient (Wildman–Crippen LogP) is 1.36. The van der Waals surface area contributed by atoms with Gasteiger partial charge in [0.2, 0.25) is 5.91 Å². The summed E-state index contributed by atoms with van der Waals surface area (Å²) >= 11 is 11.7. The zero-order valence-corrected chi connectivity index (χ0v) is 10.8. The molecule has 0 spiro atoms. The fraction of sp³-hybridized carbons (Fsp3) is 0.364. The average Bonchev–Trinajstić information content (AvgIpc) is 2.31. The minimum atomic E-state index is -0.800. The molecule has 1 aromatic rings. The van der Waals surface area contributed by atoms with Crippen LogP contribution in [0.2, 0.25) is 10.0 Å². The van der Waals surface area contributed by atoms with Crippen molar-refractivity contribution in [2.75, 3.05) is 20.1 Å². The van der Waals surface area contributed by atoms with Crippen molar-refractivity contribution in [2.45, 2.75) is 6.10 Å². The highest BCUT2D eigenvalue weighted by molar-refractivity contribution is 6.33. The molecule has 0 radical (unpaired) electrons. The van der Waals surface area contributed by atoms with Crippen molar-refractivity contribution in [3.05, 3.63) is 33.8 Å². The summed E-state index contributed by atoms with van der Waals surface area (Å²) in [6.45, 7) is 0.374. The van der Waals surface area contributed by atoms with Crippen molar-refractivity contribution in [2.24, 2.45) is 0 Å². The van der Waals surface area contributed by atoms with E-state index in [-0.39, 0.29) is 19.0 Å². The first-order chi connectivity index (χ1) is 8.04. The molecule has 6 heteroatoms. The summed E-state index contributed by atoms with van der Waals surface area (Å²) in [7, 11) is 1.55. The van der Waals surface area contributed by atoms with Gasteiger partial charge in [-0.2, -0.15) is 0 Å². The van der Waals surface area contributed by atoms with Crippen LogP contribution in [0.5, 0.6) is 0 Å². The van der Waals surface area contributed by atoms with Crippen molar-refractivity contribution >= 4 is 29.1 Å². The van der Waals surface area contributed by atoms with Gasteiger partial charge in [-0.15, -0.1) is 0 Å². The van der Waals surface area contributed by atoms with Gasteiger partial charge in [-0.05, 0) is 18.2 Å². The Hall–Kier alpha value is -0.810. The van der Waals surface area contributed by atoms with E-state index in [1.54, 1.807) is 25.2 Å². The minimum absolute atomic E-state index is 0.144. The number of likely N-dealkylation sites (N-methyl/N-ethyl adjacent to an activating group) is 1. The number of aliphatic hydroxyl groups is 1. The molecule has 1 unspecified atom stereocenters. The Balaban J connectivity index is 2.54. The lowest BCUT2D eigenvalue weighted by atomic mass is 10.1. The summed E-state index contributed by atoms with van der Waals surface area (Å²) in [5.74, 6) is -0.144. The second kappa shape index (κ2) is 6.81. The van der Waals surface area contributed by atoms with Crippen molar-refractivity contribution in [1.29, 1.82) is 0 Å². The van der Waals surface area contributed by atoms with Crippen LogP contribution in [-0.4, -0.2) is 31.2 Å². The topological polar surface area (TPSA) is 61.4 Å². The Kier molecular flexibility index (Phi) is 5.71. The van der Waals surface area contributed by atoms with Crippen molar-refractivity contribution < 1.29 is 9.90 Å². The second-order valence-corrected chi connectivity index (χ2v) is 4.33. The van der Waals surface area contributed by atoms with Crippen molar-refractivity contribution in [3.63, 3.8) is 0 Å². The van der Waals surface area contributed by atoms with E-state index >= 15 is 0 Å². The average molecular weight is 277 g/mol. The largest absolute Gasteiger partial charge is 0.387 e. The quantitative estimate of drug-likeness (QED) is 0.761. The van der Waals surface area contributed by atoms with Crippen LogP contribution < -0.4 is 10.6 Å². The van der Waals surface area contributed by atoms with E-state index in [0.29, 0.717) is 15.6 Å². The van der Waals surface area contributed by atoms with Crippen LogP contribution in [0, 0.1) is 0 Å². The number of halogens is 2. The lowest BCUT2D eigenvalue weighted by molar-refractivity contribution is -0.119. The van der Waals surface area contributed by atoms with Crippen molar-refractivity contribution in [1.82, 2.24) is 10.6 Å². The maximum Gasteiger partial charge on any atom is 0.233 e. The standard InChI is InChI=1S/C11H14Cl2N2O2/c1-14-11(17)6-15-5-10(16)8-4-7(12)2-3-9(8)13/h2-4,10,15-16H,5-6H2,1H3,(H,14,17). The normalized spacial score (nSPS) is 12.2. The molecule has 0 bridgehead atoms. The number of carbonyl (C=O) groups is 1. The van der Waals surface area contributed by atoms with Gasteiger partial charge >= 0.3 is 0 Å². The monoisotopic (exact) mass is 276 g/mol. The van der Waals surface area contributed by atoms with Gasteiger partial charge in [-0.3, -0.25) is 4.79 Å². The molecule has 1 atom stereocenters. The Morgan fingerprint density at radius 3 is 2.82 bits per heavy atom. The highest BCUT2D eigenvalue weighted by Crippen LogP contribution is 2.25. The Morgan fingerprint density at radius 1 is 1.47 bits per heavy atom. The molecule has 0 fully saturated rings. The summed E-state index contributed by atoms with van der Waals surface area (Å²) < 4.78 is 0. The molecule has 4 nitrogen and oxygen atoms in total. The summed E-state index contributed by atoms with van der Waals surface area (Å²) in [4.78, 5) is 10.9. The number of amides is 1. The zero-order valence-electron chi connectivity index (χ0n) is 9.34. The predicted molar refractivity (Wildman–Crippen MR) is 68.4 cm³/mol. The summed E-state index contributed by atoms with van der Waals surface area (Å²) in [5.41, 5.74) is 0.545. The fourth-order valence-electron chi connectivity index (χ4n) is 1.29. The second-order valence-electron chi connectivity index (χ2n) is 3.49. The fourth-order valence-corrected chi connectivity index (χ4v) is 1.71. The first-order valence-corrected chi connectivity index (χ1v) is 5.84. The minimum Gasteiger partial charge on any atom is -0.387 e. The molecular formula is C11H14Cl2N2O2. The van der Waals surface area contributed by atoms with E-state index in [0.717, 1.165) is 0 Å². The highest BCUT2D eigenvalue weighted by atomic mass is 35.5. The van der Waals surface area contributed by atoms with Crippen LogP contribution in [0.4, 0.5) is 0 Å². The van der Waals surface area contributed by atoms with E-state index in [4.69, 9.17) is 23.2 Å². The Labute approximate surface area is 110 Å². The van der Waals surface area contributed by atoms with Gasteiger partial charge in [-0.25, -0.2) is 0 Å². The first-order valence-electron chi connectivity index (χ1n) is 5.09. The molecule has 94 valence electrons. The van der Waals surface area contributed by atoms with E-state index in [1.807, 2.05) is 0 Å². The first kappa shape index (κ1) is 14.3. The van der Waals surface area contributed by atoms with E-state index in [2.05, 4.69) is 10.6 Å². The number of benzene rings is 1. The number of nitrogens with one attached hydrogen (secondary N) is 2. The molecule has 0 aromatic heterocycles. The molecule has 0 aliphatic rings. The summed E-state index contributed by atoms with van der Waals surface area (Å²) in [6, 6.07) is 4.88. The maximum absolute atomic E-state index is 10.9. The third-order valence-corrected chi connectivity index (χ3v) is 2.80. The number of rotatable bonds is 5. The van der Waals surface area contributed by atoms with Gasteiger partial charge in [0, 0.05) is 29.2 Å². The molecule has 0 aliphatic carbocycles. The van der Waals surface area contributed by atoms with Crippen LogP contribution in [0.1, 0.15) is 11.7 Å². The molecule has 3 N–H and O–H groups in total. The Bertz CT molecular complexity index is 399. The Morgan fingerprint density at radius 2 is 2.18 bits per heavy atom. The SMILES string of the molecule is CNC(=O)CNCC(O)c1cc(Cl)ccc1Cl. The highest BCUT2D eigenvalue weighted by Gasteiger charge is 2.12. The zero-order chi connectivity index (χ0) is 12.8. The van der Waals surface area contributed by atoms with Gasteiger partial charge in [0.15, 0.2) is 0 Å². The number of aliphatic hydroxyl groups excluding tert-OH is 1. The molecule has 0 aliphatic heterocycles. The van der Waals surface area contributed by atoms with Crippen molar-refractivity contribution in [3.8, 4) is 0 Å². The van der Waals surface area contributed by atoms with Crippen LogP contribution in [0.15, 0.2) is 18.2 Å². The molecule has 0 saturated carbocycles. The lowest BCUT2D eigenvalue weighted by Gasteiger charge is -2.13. The maximum atomic E-state index is 10.9. The van der Waals surface area contributed by atoms with Gasteiger partial charge in [0.05, 0.1) is 12.6 Å². The number of hydrogen-bond donors (Lipinski definition) is 3. The molecule has 1 amide bonds. The lowest BCUT2D eigenvalue weighted by Crippen LogP contribution is -2.33. The third kappa shape index (κ3) is 4.52. The summed E-state index contributed by atoms with van der Waals surface area (Å²) in [5, 5.41) is 16.1. The van der Waals surface area contributed by atoms with Gasteiger partial charge in [-0.1, -0.05) is 23.2 Å². The van der Waals surface area contributed by atoms with E-state index in [1.165, 1.54) is 0 Å². The smallest absolute Gasteiger partial charge is 0.233 e. The molecule has 1 rings (SSSR count). The molecular weight excluding hydrogens is 263 g/mol. The van der Waals surface area contributed by atoms with Gasteiger partial charge in [0.1, 0.15) is 0 Å². The molecule has 0 saturated heterocycles. The van der Waals surface area contributed by atoms with Crippen LogP contribution in [-0.2, 0) is 4.79 Å². The molecule has 0 heterocycles. The molecule has 1 aromatic carbocycles. The van der Waals surface area contributed by atoms with Crippen LogP contribution in [0.3, 0.4) is 0 Å². The van der Waals surface area contributed by atoms with E-state index < -0.39 is 6.10 Å². The van der Waals surface area contributed by atoms with E-state index in [9.17, 15) is 9.90 Å². The number of hydrogen-bond acceptors (Lipinski definition) is 3. The number of carbonyl (C=O) groups excluding carboxylic acids is 1. The van der Waals surface area contributed by atoms with Crippen LogP contribution >= 0.6 is 23.2 Å². The molecule has 17 heavy (non-hydrogen) atoms. The van der Waals surface area contributed by atoms with Crippen LogP contribution in [0.25, 0.3) is 0 Å². The van der Waals surface area contributed by atoms with Gasteiger partial charge in [0.25, 0.3) is 0 Å². The summed E-state index contributed by atoms with van der Waals surface area (Å²) in [6.07, 6.45) is -0.800. The third-order valence-electron chi connectivity index (χ3n) is 2.22.